The Hall–Kier alpha value is -1.94. The first kappa shape index (κ1) is 12.5. The highest BCUT2D eigenvalue weighted by Crippen LogP contribution is 2.17. The van der Waals surface area contributed by atoms with Crippen LogP contribution in [0.25, 0.3) is 0 Å². The summed E-state index contributed by atoms with van der Waals surface area (Å²) in [6, 6.07) is 9.10. The lowest BCUT2D eigenvalue weighted by Gasteiger charge is -2.14. The van der Waals surface area contributed by atoms with Crippen LogP contribution in [0.15, 0.2) is 41.3 Å². The van der Waals surface area contributed by atoms with E-state index in [-0.39, 0.29) is 12.1 Å². The van der Waals surface area contributed by atoms with Gasteiger partial charge in [-0.2, -0.15) is 5.10 Å². The van der Waals surface area contributed by atoms with Crippen molar-refractivity contribution in [2.24, 2.45) is 0 Å². The average molecular weight is 244 g/mol. The average Bonchev–Trinajstić information content (AvgIpc) is 2.33. The molecule has 0 aliphatic heterocycles. The third-order valence-electron chi connectivity index (χ3n) is 2.90. The lowest BCUT2D eigenvalue weighted by molar-refractivity contribution is 0.148. The Morgan fingerprint density at radius 1 is 1.33 bits per heavy atom. The highest BCUT2D eigenvalue weighted by molar-refractivity contribution is 5.27. The van der Waals surface area contributed by atoms with Crippen LogP contribution in [0.5, 0.6) is 0 Å². The van der Waals surface area contributed by atoms with Gasteiger partial charge in [0.1, 0.15) is 0 Å². The predicted octanol–water partition coefficient (Wildman–Crippen LogP) is 1.59. The third kappa shape index (κ3) is 2.65. The summed E-state index contributed by atoms with van der Waals surface area (Å²) in [5.41, 5.74) is 2.46. The zero-order valence-electron chi connectivity index (χ0n) is 10.5. The van der Waals surface area contributed by atoms with Crippen LogP contribution < -0.4 is 5.56 Å². The van der Waals surface area contributed by atoms with Crippen molar-refractivity contribution in [2.45, 2.75) is 26.5 Å². The standard InChI is InChI=1S/C14H16N2O2/c1-10-7-14(18)16(15-8-10)9-13(17)12-6-4-3-5-11(12)2/h3-8,13,17H,9H2,1-2H3. The minimum absolute atomic E-state index is 0.171. The van der Waals surface area contributed by atoms with E-state index in [1.54, 1.807) is 6.20 Å². The van der Waals surface area contributed by atoms with Gasteiger partial charge in [0.25, 0.3) is 5.56 Å². The lowest BCUT2D eigenvalue weighted by Crippen LogP contribution is -2.25. The van der Waals surface area contributed by atoms with Crippen LogP contribution >= 0.6 is 0 Å². The molecule has 0 aliphatic rings. The van der Waals surface area contributed by atoms with Crippen molar-refractivity contribution in [3.05, 3.63) is 63.6 Å². The number of aryl methyl sites for hydroxylation is 2. The Bertz CT molecular complexity index is 605. The molecule has 1 aromatic carbocycles. The molecule has 2 aromatic rings. The van der Waals surface area contributed by atoms with E-state index in [2.05, 4.69) is 5.10 Å². The molecule has 1 N–H and O–H groups in total. The van der Waals surface area contributed by atoms with Crippen LogP contribution in [0.3, 0.4) is 0 Å². The van der Waals surface area contributed by atoms with Crippen LogP contribution in [0.1, 0.15) is 22.8 Å². The molecule has 0 spiro atoms. The fraction of sp³-hybridized carbons (Fsp3) is 0.286. The SMILES string of the molecule is Cc1cnn(CC(O)c2ccccc2C)c(=O)c1. The van der Waals surface area contributed by atoms with Gasteiger partial charge in [0.05, 0.1) is 18.8 Å². The Labute approximate surface area is 106 Å². The first-order chi connectivity index (χ1) is 8.58. The van der Waals surface area contributed by atoms with E-state index < -0.39 is 6.10 Å². The topological polar surface area (TPSA) is 55.1 Å². The summed E-state index contributed by atoms with van der Waals surface area (Å²) in [4.78, 5) is 11.7. The molecule has 1 aromatic heterocycles. The minimum Gasteiger partial charge on any atom is -0.386 e. The van der Waals surface area contributed by atoms with E-state index in [0.717, 1.165) is 16.7 Å². The van der Waals surface area contributed by atoms with Gasteiger partial charge in [-0.1, -0.05) is 24.3 Å². The van der Waals surface area contributed by atoms with Crippen LogP contribution in [-0.2, 0) is 6.54 Å². The number of benzene rings is 1. The van der Waals surface area contributed by atoms with Crippen molar-refractivity contribution in [1.29, 1.82) is 0 Å². The molecule has 2 rings (SSSR count). The maximum atomic E-state index is 11.7. The van der Waals surface area contributed by atoms with Crippen molar-refractivity contribution in [3.63, 3.8) is 0 Å². The molecular formula is C14H16N2O2. The Balaban J connectivity index is 2.24. The zero-order valence-corrected chi connectivity index (χ0v) is 10.5. The fourth-order valence-corrected chi connectivity index (χ4v) is 1.88. The van der Waals surface area contributed by atoms with Gasteiger partial charge in [-0.15, -0.1) is 0 Å². The molecule has 0 bridgehead atoms. The van der Waals surface area contributed by atoms with E-state index in [0.29, 0.717) is 0 Å². The van der Waals surface area contributed by atoms with Crippen molar-refractivity contribution in [2.75, 3.05) is 0 Å². The number of nitrogens with zero attached hydrogens (tertiary/aromatic N) is 2. The number of aliphatic hydroxyl groups excluding tert-OH is 1. The number of rotatable bonds is 3. The molecule has 4 heteroatoms. The smallest absolute Gasteiger partial charge is 0.267 e. The second kappa shape index (κ2) is 5.14. The van der Waals surface area contributed by atoms with Gasteiger partial charge in [-0.25, -0.2) is 4.68 Å². The summed E-state index contributed by atoms with van der Waals surface area (Å²) in [6.45, 7) is 3.92. The quantitative estimate of drug-likeness (QED) is 0.892. The van der Waals surface area contributed by atoms with Gasteiger partial charge >= 0.3 is 0 Å². The zero-order chi connectivity index (χ0) is 13.1. The van der Waals surface area contributed by atoms with Crippen LogP contribution in [0, 0.1) is 13.8 Å². The molecule has 0 aliphatic carbocycles. The molecule has 0 fully saturated rings. The third-order valence-corrected chi connectivity index (χ3v) is 2.90. The summed E-state index contributed by atoms with van der Waals surface area (Å²) < 4.78 is 1.28. The van der Waals surface area contributed by atoms with Crippen molar-refractivity contribution in [3.8, 4) is 0 Å². The molecule has 0 saturated heterocycles. The van der Waals surface area contributed by atoms with Gasteiger partial charge in [-0.05, 0) is 30.5 Å². The van der Waals surface area contributed by atoms with Crippen molar-refractivity contribution >= 4 is 0 Å². The maximum Gasteiger partial charge on any atom is 0.267 e. The van der Waals surface area contributed by atoms with Gasteiger partial charge in [-0.3, -0.25) is 4.79 Å². The summed E-state index contributed by atoms with van der Waals surface area (Å²) >= 11 is 0. The molecule has 0 amide bonds. The second-order valence-electron chi connectivity index (χ2n) is 4.43. The summed E-state index contributed by atoms with van der Waals surface area (Å²) in [7, 11) is 0. The fourth-order valence-electron chi connectivity index (χ4n) is 1.88. The lowest BCUT2D eigenvalue weighted by atomic mass is 10.0. The molecule has 1 heterocycles. The normalized spacial score (nSPS) is 12.4. The monoisotopic (exact) mass is 244 g/mol. The van der Waals surface area contributed by atoms with Gasteiger partial charge < -0.3 is 5.11 Å². The molecule has 18 heavy (non-hydrogen) atoms. The Morgan fingerprint density at radius 3 is 2.72 bits per heavy atom. The first-order valence-electron chi connectivity index (χ1n) is 5.85. The molecular weight excluding hydrogens is 228 g/mol. The Morgan fingerprint density at radius 2 is 2.06 bits per heavy atom. The van der Waals surface area contributed by atoms with Crippen molar-refractivity contribution in [1.82, 2.24) is 9.78 Å². The molecule has 1 atom stereocenters. The van der Waals surface area contributed by atoms with Crippen LogP contribution in [0.2, 0.25) is 0 Å². The van der Waals surface area contributed by atoms with Crippen LogP contribution in [0.4, 0.5) is 0 Å². The summed E-state index contributed by atoms with van der Waals surface area (Å²) in [5.74, 6) is 0. The highest BCUT2D eigenvalue weighted by atomic mass is 16.3. The molecule has 0 saturated carbocycles. The largest absolute Gasteiger partial charge is 0.386 e. The van der Waals surface area contributed by atoms with E-state index in [9.17, 15) is 9.90 Å². The minimum atomic E-state index is -0.723. The van der Waals surface area contributed by atoms with Crippen LogP contribution in [-0.4, -0.2) is 14.9 Å². The number of aromatic nitrogens is 2. The predicted molar refractivity (Wildman–Crippen MR) is 69.4 cm³/mol. The maximum absolute atomic E-state index is 11.7. The molecule has 1 unspecified atom stereocenters. The van der Waals surface area contributed by atoms with E-state index in [4.69, 9.17) is 0 Å². The van der Waals surface area contributed by atoms with E-state index in [1.165, 1.54) is 10.7 Å². The van der Waals surface area contributed by atoms with E-state index in [1.807, 2.05) is 38.1 Å². The molecule has 0 radical (unpaired) electrons. The van der Waals surface area contributed by atoms with Gasteiger partial charge in [0.2, 0.25) is 0 Å². The summed E-state index contributed by atoms with van der Waals surface area (Å²) in [5, 5.41) is 14.2. The molecule has 4 nitrogen and oxygen atoms in total. The first-order valence-corrected chi connectivity index (χ1v) is 5.85. The van der Waals surface area contributed by atoms with E-state index >= 15 is 0 Å². The second-order valence-corrected chi connectivity index (χ2v) is 4.43. The number of aliphatic hydroxyl groups is 1. The van der Waals surface area contributed by atoms with Gasteiger partial charge in [0, 0.05) is 6.07 Å². The molecule has 94 valence electrons. The van der Waals surface area contributed by atoms with Crippen molar-refractivity contribution < 1.29 is 5.11 Å². The summed E-state index contributed by atoms with van der Waals surface area (Å²) in [6.07, 6.45) is 0.894. The number of hydrogen-bond donors (Lipinski definition) is 1. The highest BCUT2D eigenvalue weighted by Gasteiger charge is 2.11. The van der Waals surface area contributed by atoms with Gasteiger partial charge in [0.15, 0.2) is 0 Å². The number of hydrogen-bond acceptors (Lipinski definition) is 3. The Kier molecular flexibility index (Phi) is 3.58.